The Morgan fingerprint density at radius 3 is 2.57 bits per heavy atom. The van der Waals surface area contributed by atoms with E-state index in [1.165, 1.54) is 18.3 Å². The Kier molecular flexibility index (Phi) is 4.38. The summed E-state index contributed by atoms with van der Waals surface area (Å²) in [5.74, 6) is -1.03. The molecule has 0 aromatic carbocycles. The Morgan fingerprint density at radius 2 is 2.00 bits per heavy atom. The van der Waals surface area contributed by atoms with Crippen LogP contribution in [0.3, 0.4) is 0 Å². The summed E-state index contributed by atoms with van der Waals surface area (Å²) >= 11 is 0. The number of sulfonamides is 1. The van der Waals surface area contributed by atoms with Crippen LogP contribution in [0.15, 0.2) is 5.03 Å². The number of carbonyl (C=O) groups is 1. The van der Waals surface area contributed by atoms with Crippen LogP contribution in [0.5, 0.6) is 0 Å². The molecule has 0 saturated heterocycles. The third kappa shape index (κ3) is 2.82. The number of aromatic amines is 1. The molecule has 118 valence electrons. The van der Waals surface area contributed by atoms with Gasteiger partial charge in [-0.2, -0.15) is 9.40 Å². The van der Waals surface area contributed by atoms with Gasteiger partial charge in [-0.3, -0.25) is 5.10 Å². The third-order valence-corrected chi connectivity index (χ3v) is 6.10. The zero-order valence-electron chi connectivity index (χ0n) is 12.5. The van der Waals surface area contributed by atoms with Gasteiger partial charge in [-0.25, -0.2) is 13.2 Å². The minimum atomic E-state index is -3.92. The van der Waals surface area contributed by atoms with E-state index >= 15 is 0 Å². The van der Waals surface area contributed by atoms with Crippen molar-refractivity contribution in [3.05, 3.63) is 11.3 Å². The summed E-state index contributed by atoms with van der Waals surface area (Å²) < 4.78 is 26.7. The molecule has 1 aromatic heterocycles. The number of nitrogens with one attached hydrogen (secondary N) is 1. The van der Waals surface area contributed by atoms with E-state index in [0.717, 1.165) is 25.7 Å². The van der Waals surface area contributed by atoms with Gasteiger partial charge in [0.2, 0.25) is 5.03 Å². The number of hydrogen-bond donors (Lipinski definition) is 2. The smallest absolute Gasteiger partial charge is 0.340 e. The monoisotopic (exact) mass is 315 g/mol. The van der Waals surface area contributed by atoms with E-state index in [1.54, 1.807) is 0 Å². The highest BCUT2D eigenvalue weighted by atomic mass is 32.2. The number of nitrogens with zero attached hydrogens (tertiary/aromatic N) is 2. The lowest BCUT2D eigenvalue weighted by molar-refractivity contribution is 0.0691. The summed E-state index contributed by atoms with van der Waals surface area (Å²) in [6, 6.07) is -0.109. The van der Waals surface area contributed by atoms with Gasteiger partial charge < -0.3 is 5.11 Å². The Morgan fingerprint density at radius 1 is 1.38 bits per heavy atom. The fourth-order valence-corrected chi connectivity index (χ4v) is 4.60. The van der Waals surface area contributed by atoms with Crippen molar-refractivity contribution in [2.24, 2.45) is 5.92 Å². The summed E-state index contributed by atoms with van der Waals surface area (Å²) in [7, 11) is -2.40. The van der Waals surface area contributed by atoms with Gasteiger partial charge >= 0.3 is 5.97 Å². The summed E-state index contributed by atoms with van der Waals surface area (Å²) in [5, 5.41) is 15.0. The summed E-state index contributed by atoms with van der Waals surface area (Å²) in [4.78, 5) is 11.3. The summed E-state index contributed by atoms with van der Waals surface area (Å²) in [6.45, 7) is 3.53. The molecule has 1 aliphatic carbocycles. The molecule has 0 radical (unpaired) electrons. The number of aryl methyl sites for hydroxylation is 1. The van der Waals surface area contributed by atoms with Crippen LogP contribution < -0.4 is 0 Å². The first-order valence-corrected chi connectivity index (χ1v) is 8.47. The van der Waals surface area contributed by atoms with Crippen molar-refractivity contribution in [3.63, 3.8) is 0 Å². The Hall–Kier alpha value is -1.41. The fraction of sp³-hybridized carbons (Fsp3) is 0.692. The van der Waals surface area contributed by atoms with Gasteiger partial charge in [0, 0.05) is 18.8 Å². The molecule has 2 unspecified atom stereocenters. The van der Waals surface area contributed by atoms with Gasteiger partial charge in [0.1, 0.15) is 5.56 Å². The molecule has 8 heteroatoms. The molecule has 0 aliphatic heterocycles. The first-order valence-electron chi connectivity index (χ1n) is 7.03. The van der Waals surface area contributed by atoms with Gasteiger partial charge in [0.25, 0.3) is 10.0 Å². The highest BCUT2D eigenvalue weighted by Gasteiger charge is 2.37. The molecule has 1 aromatic rings. The SMILES string of the molecule is Cc1[nH]nc(S(=O)(=O)N(C)C2CCCCC2C)c1C(=O)O. The fourth-order valence-electron chi connectivity index (χ4n) is 3.00. The second-order valence-electron chi connectivity index (χ2n) is 5.68. The van der Waals surface area contributed by atoms with Crippen molar-refractivity contribution in [1.29, 1.82) is 0 Å². The van der Waals surface area contributed by atoms with E-state index in [4.69, 9.17) is 0 Å². The van der Waals surface area contributed by atoms with E-state index in [-0.39, 0.29) is 23.2 Å². The molecule has 1 heterocycles. The molecule has 1 saturated carbocycles. The largest absolute Gasteiger partial charge is 0.478 e. The topological polar surface area (TPSA) is 103 Å². The van der Waals surface area contributed by atoms with E-state index in [0.29, 0.717) is 0 Å². The van der Waals surface area contributed by atoms with Crippen molar-refractivity contribution in [2.75, 3.05) is 7.05 Å². The molecule has 2 rings (SSSR count). The standard InChI is InChI=1S/C13H21N3O4S/c1-8-6-4-5-7-10(8)16(3)21(19,20)12-11(13(17)18)9(2)14-15-12/h8,10H,4-7H2,1-3H3,(H,14,15)(H,17,18). The minimum absolute atomic E-state index is 0.109. The maximum atomic E-state index is 12.7. The molecule has 2 N–H and O–H groups in total. The van der Waals surface area contributed by atoms with Crippen molar-refractivity contribution in [2.45, 2.75) is 50.6 Å². The van der Waals surface area contributed by atoms with Crippen LogP contribution in [0.25, 0.3) is 0 Å². The number of carboxylic acids is 1. The van der Waals surface area contributed by atoms with E-state index < -0.39 is 21.0 Å². The number of aromatic nitrogens is 2. The molecule has 1 aliphatic rings. The molecular formula is C13H21N3O4S. The molecule has 0 amide bonds. The Labute approximate surface area is 124 Å². The quantitative estimate of drug-likeness (QED) is 0.878. The van der Waals surface area contributed by atoms with Crippen molar-refractivity contribution >= 4 is 16.0 Å². The van der Waals surface area contributed by atoms with E-state index in [1.807, 2.05) is 6.92 Å². The predicted octanol–water partition coefficient (Wildman–Crippen LogP) is 1.62. The Bertz CT molecular complexity index is 638. The first kappa shape index (κ1) is 16.0. The van der Waals surface area contributed by atoms with Gasteiger partial charge in [-0.15, -0.1) is 0 Å². The molecule has 7 nitrogen and oxygen atoms in total. The lowest BCUT2D eigenvalue weighted by Crippen LogP contribution is -2.43. The van der Waals surface area contributed by atoms with Gasteiger partial charge in [0.05, 0.1) is 0 Å². The van der Waals surface area contributed by atoms with Crippen molar-refractivity contribution < 1.29 is 18.3 Å². The average Bonchev–Trinajstić information content (AvgIpc) is 2.81. The lowest BCUT2D eigenvalue weighted by atomic mass is 9.86. The highest BCUT2D eigenvalue weighted by molar-refractivity contribution is 7.89. The van der Waals surface area contributed by atoms with Crippen LogP contribution in [0.2, 0.25) is 0 Å². The summed E-state index contributed by atoms with van der Waals surface area (Å²) in [6.07, 6.45) is 3.87. The molecule has 0 bridgehead atoms. The van der Waals surface area contributed by atoms with Gasteiger partial charge in [-0.1, -0.05) is 19.8 Å². The van der Waals surface area contributed by atoms with Crippen molar-refractivity contribution in [1.82, 2.24) is 14.5 Å². The number of aromatic carboxylic acids is 1. The highest BCUT2D eigenvalue weighted by Crippen LogP contribution is 2.31. The number of carboxylic acid groups (broad SMARTS) is 1. The van der Waals surface area contributed by atoms with Crippen LogP contribution >= 0.6 is 0 Å². The number of rotatable bonds is 4. The molecule has 2 atom stereocenters. The van der Waals surface area contributed by atoms with Crippen LogP contribution in [-0.2, 0) is 10.0 Å². The zero-order chi connectivity index (χ0) is 15.8. The molecule has 1 fully saturated rings. The van der Waals surface area contributed by atoms with Crippen molar-refractivity contribution in [3.8, 4) is 0 Å². The second kappa shape index (κ2) is 5.76. The van der Waals surface area contributed by atoms with Gasteiger partial charge in [-0.05, 0) is 25.7 Å². The van der Waals surface area contributed by atoms with Crippen LogP contribution in [0, 0.1) is 12.8 Å². The minimum Gasteiger partial charge on any atom is -0.478 e. The van der Waals surface area contributed by atoms with Crippen LogP contribution in [0.1, 0.15) is 48.7 Å². The maximum absolute atomic E-state index is 12.7. The maximum Gasteiger partial charge on any atom is 0.340 e. The molecular weight excluding hydrogens is 294 g/mol. The van der Waals surface area contributed by atoms with E-state index in [9.17, 15) is 18.3 Å². The summed E-state index contributed by atoms with van der Waals surface area (Å²) in [5.41, 5.74) is -0.0310. The van der Waals surface area contributed by atoms with Crippen LogP contribution in [0.4, 0.5) is 0 Å². The molecule has 0 spiro atoms. The Balaban J connectivity index is 2.40. The lowest BCUT2D eigenvalue weighted by Gasteiger charge is -2.35. The van der Waals surface area contributed by atoms with E-state index in [2.05, 4.69) is 10.2 Å². The second-order valence-corrected chi connectivity index (χ2v) is 7.60. The van der Waals surface area contributed by atoms with Crippen LogP contribution in [-0.4, -0.2) is 47.1 Å². The average molecular weight is 315 g/mol. The predicted molar refractivity (Wildman–Crippen MR) is 76.7 cm³/mol. The number of hydrogen-bond acceptors (Lipinski definition) is 4. The third-order valence-electron chi connectivity index (χ3n) is 4.28. The first-order chi connectivity index (χ1) is 9.76. The zero-order valence-corrected chi connectivity index (χ0v) is 13.3. The normalized spacial score (nSPS) is 23.4. The number of H-pyrrole nitrogens is 1. The molecule has 21 heavy (non-hydrogen) atoms. The van der Waals surface area contributed by atoms with Gasteiger partial charge in [0.15, 0.2) is 0 Å².